The molecule has 0 aromatic carbocycles. The van der Waals surface area contributed by atoms with E-state index >= 15 is 0 Å². The van der Waals surface area contributed by atoms with Crippen LogP contribution < -0.4 is 0 Å². The molecule has 1 atom stereocenters. The summed E-state index contributed by atoms with van der Waals surface area (Å²) in [4.78, 5) is 11.1. The molecule has 1 unspecified atom stereocenters. The van der Waals surface area contributed by atoms with E-state index in [1.807, 2.05) is 0 Å². The van der Waals surface area contributed by atoms with Gasteiger partial charge in [-0.25, -0.2) is 0 Å². The van der Waals surface area contributed by atoms with E-state index in [1.165, 1.54) is 168 Å². The second kappa shape index (κ2) is 31.1. The van der Waals surface area contributed by atoms with Crippen molar-refractivity contribution in [3.8, 4) is 0 Å². The van der Waals surface area contributed by atoms with Crippen molar-refractivity contribution in [3.63, 3.8) is 0 Å². The smallest absolute Gasteiger partial charge is 0.305 e. The molecule has 0 bridgehead atoms. The van der Waals surface area contributed by atoms with Crippen LogP contribution in [-0.2, 0) is 19.0 Å². The van der Waals surface area contributed by atoms with E-state index in [9.17, 15) is 4.79 Å². The Morgan fingerprint density at radius 2 is 1.02 bits per heavy atom. The first-order chi connectivity index (χ1) is 19.8. The van der Waals surface area contributed by atoms with E-state index in [-0.39, 0.29) is 12.3 Å². The van der Waals surface area contributed by atoms with Gasteiger partial charge in [0.2, 0.25) is 0 Å². The summed E-state index contributed by atoms with van der Waals surface area (Å²) in [6.45, 7) is 1.77. The second-order valence-electron chi connectivity index (χ2n) is 12.2. The molecule has 1 aliphatic rings. The van der Waals surface area contributed by atoms with Gasteiger partial charge in [-0.15, -0.1) is 0 Å². The Labute approximate surface area is 249 Å². The highest BCUT2D eigenvalue weighted by Gasteiger charge is 2.13. The zero-order chi connectivity index (χ0) is 28.6. The average Bonchev–Trinajstić information content (AvgIpc) is 2.98. The number of hydrogen-bond acceptors (Lipinski definition) is 4. The molecule has 0 saturated carbocycles. The van der Waals surface area contributed by atoms with Crippen LogP contribution in [0, 0.1) is 0 Å². The largest absolute Gasteiger partial charge is 0.469 e. The molecule has 0 aromatic rings. The van der Waals surface area contributed by atoms with Crippen molar-refractivity contribution in [2.45, 2.75) is 192 Å². The average molecular weight is 565 g/mol. The molecule has 1 fully saturated rings. The molecule has 0 N–H and O–H groups in total. The normalized spacial score (nSPS) is 15.7. The summed E-state index contributed by atoms with van der Waals surface area (Å²) >= 11 is 0. The molecule has 1 saturated heterocycles. The molecule has 0 radical (unpaired) electrons. The van der Waals surface area contributed by atoms with Crippen LogP contribution in [0.1, 0.15) is 186 Å². The topological polar surface area (TPSA) is 44.8 Å². The van der Waals surface area contributed by atoms with E-state index in [0.717, 1.165) is 32.5 Å². The molecule has 4 heteroatoms. The fourth-order valence-electron chi connectivity index (χ4n) is 5.65. The monoisotopic (exact) mass is 565 g/mol. The Kier molecular flexibility index (Phi) is 28.9. The van der Waals surface area contributed by atoms with Crippen LogP contribution >= 0.6 is 0 Å². The van der Waals surface area contributed by atoms with Crippen LogP contribution in [0.5, 0.6) is 0 Å². The van der Waals surface area contributed by atoms with Gasteiger partial charge in [-0.2, -0.15) is 0 Å². The van der Waals surface area contributed by atoms with Crippen molar-refractivity contribution in [3.05, 3.63) is 12.2 Å². The first-order valence-corrected chi connectivity index (χ1v) is 17.8. The zero-order valence-corrected chi connectivity index (χ0v) is 26.8. The summed E-state index contributed by atoms with van der Waals surface area (Å²) in [5.74, 6) is -0.0682. The lowest BCUT2D eigenvalue weighted by molar-refractivity contribution is -0.162. The number of carbonyl (C=O) groups excluding carboxylic acids is 1. The Bertz CT molecular complexity index is 541. The van der Waals surface area contributed by atoms with Crippen molar-refractivity contribution < 1.29 is 19.0 Å². The van der Waals surface area contributed by atoms with Crippen molar-refractivity contribution in [2.75, 3.05) is 20.3 Å². The molecule has 0 aliphatic carbocycles. The molecular weight excluding hydrogens is 496 g/mol. The lowest BCUT2D eigenvalue weighted by atomic mass is 10.0. The van der Waals surface area contributed by atoms with Gasteiger partial charge in [0, 0.05) is 19.6 Å². The van der Waals surface area contributed by atoms with Crippen LogP contribution in [0.3, 0.4) is 0 Å². The summed E-state index contributed by atoms with van der Waals surface area (Å²) < 4.78 is 16.1. The molecule has 0 spiro atoms. The van der Waals surface area contributed by atoms with Crippen molar-refractivity contribution in [2.24, 2.45) is 0 Å². The molecule has 40 heavy (non-hydrogen) atoms. The molecule has 0 amide bonds. The van der Waals surface area contributed by atoms with E-state index in [4.69, 9.17) is 9.47 Å². The Morgan fingerprint density at radius 1 is 0.600 bits per heavy atom. The fourth-order valence-corrected chi connectivity index (χ4v) is 5.65. The van der Waals surface area contributed by atoms with Gasteiger partial charge >= 0.3 is 5.97 Å². The number of rotatable bonds is 30. The standard InChI is InChI=1S/C36H68O4/c1-38-35(37)31-27-25-23-21-19-17-15-13-11-9-7-5-3-2-4-6-8-10-12-14-16-18-20-22-24-26-29-33-39-36-32-28-30-34-40-36/h5,7,36H,2-4,6,8-34H2,1H3/b7-5-. The number of allylic oxidation sites excluding steroid dienone is 2. The number of hydrogen-bond donors (Lipinski definition) is 0. The van der Waals surface area contributed by atoms with Crippen LogP contribution in [0.25, 0.3) is 0 Å². The maximum atomic E-state index is 11.1. The minimum Gasteiger partial charge on any atom is -0.469 e. The predicted molar refractivity (Wildman–Crippen MR) is 171 cm³/mol. The minimum atomic E-state index is -0.0682. The number of ether oxygens (including phenoxy) is 3. The van der Waals surface area contributed by atoms with Gasteiger partial charge < -0.3 is 14.2 Å². The number of unbranched alkanes of at least 4 members (excludes halogenated alkanes) is 23. The maximum Gasteiger partial charge on any atom is 0.305 e. The van der Waals surface area contributed by atoms with Gasteiger partial charge in [0.1, 0.15) is 0 Å². The summed E-state index contributed by atoms with van der Waals surface area (Å²) in [6.07, 6.45) is 42.7. The summed E-state index contributed by atoms with van der Waals surface area (Å²) in [5.41, 5.74) is 0. The molecule has 0 aromatic heterocycles. The molecule has 1 rings (SSSR count). The van der Waals surface area contributed by atoms with E-state index in [2.05, 4.69) is 16.9 Å². The third-order valence-electron chi connectivity index (χ3n) is 8.35. The number of methoxy groups -OCH3 is 1. The van der Waals surface area contributed by atoms with Crippen LogP contribution in [0.4, 0.5) is 0 Å². The van der Waals surface area contributed by atoms with Gasteiger partial charge in [0.25, 0.3) is 0 Å². The molecule has 236 valence electrons. The van der Waals surface area contributed by atoms with Gasteiger partial charge in [0.15, 0.2) is 6.29 Å². The van der Waals surface area contributed by atoms with Crippen molar-refractivity contribution in [1.29, 1.82) is 0 Å². The van der Waals surface area contributed by atoms with Crippen LogP contribution in [0.15, 0.2) is 12.2 Å². The van der Waals surface area contributed by atoms with Gasteiger partial charge in [-0.1, -0.05) is 134 Å². The van der Waals surface area contributed by atoms with Crippen LogP contribution in [-0.4, -0.2) is 32.6 Å². The first-order valence-electron chi connectivity index (χ1n) is 17.8. The van der Waals surface area contributed by atoms with Crippen molar-refractivity contribution >= 4 is 5.97 Å². The molecule has 1 aliphatic heterocycles. The maximum absolute atomic E-state index is 11.1. The summed E-state index contributed by atoms with van der Waals surface area (Å²) in [7, 11) is 1.47. The number of esters is 1. The predicted octanol–water partition coefficient (Wildman–Crippen LogP) is 11.4. The fraction of sp³-hybridized carbons (Fsp3) is 0.917. The molecule has 4 nitrogen and oxygen atoms in total. The highest BCUT2D eigenvalue weighted by atomic mass is 16.7. The third kappa shape index (κ3) is 27.3. The Hall–Kier alpha value is -0.870. The van der Waals surface area contributed by atoms with E-state index < -0.39 is 0 Å². The van der Waals surface area contributed by atoms with E-state index in [1.54, 1.807) is 0 Å². The zero-order valence-electron chi connectivity index (χ0n) is 26.8. The van der Waals surface area contributed by atoms with Gasteiger partial charge in [-0.3, -0.25) is 4.79 Å². The Morgan fingerprint density at radius 3 is 1.45 bits per heavy atom. The highest BCUT2D eigenvalue weighted by molar-refractivity contribution is 5.68. The SMILES string of the molecule is COC(=O)CCCCCCCCCCC/C=C\CCCCCCCCCCCCCCCCOC1CCCCO1. The lowest BCUT2D eigenvalue weighted by Gasteiger charge is -2.22. The lowest BCUT2D eigenvalue weighted by Crippen LogP contribution is -2.22. The quantitative estimate of drug-likeness (QED) is 0.0494. The number of carbonyl (C=O) groups is 1. The first kappa shape index (κ1) is 37.2. The summed E-state index contributed by atoms with van der Waals surface area (Å²) in [5, 5.41) is 0. The van der Waals surface area contributed by atoms with Crippen molar-refractivity contribution in [1.82, 2.24) is 0 Å². The minimum absolute atomic E-state index is 0.0682. The molecular formula is C36H68O4. The second-order valence-corrected chi connectivity index (χ2v) is 12.2. The van der Waals surface area contributed by atoms with Gasteiger partial charge in [0.05, 0.1) is 7.11 Å². The van der Waals surface area contributed by atoms with E-state index in [0.29, 0.717) is 6.42 Å². The Balaban J connectivity index is 1.65. The van der Waals surface area contributed by atoms with Gasteiger partial charge in [-0.05, 0) is 57.8 Å². The highest BCUT2D eigenvalue weighted by Crippen LogP contribution is 2.16. The summed E-state index contributed by atoms with van der Waals surface area (Å²) in [6, 6.07) is 0. The molecule has 1 heterocycles. The third-order valence-corrected chi connectivity index (χ3v) is 8.35. The van der Waals surface area contributed by atoms with Crippen LogP contribution in [0.2, 0.25) is 0 Å².